The van der Waals surface area contributed by atoms with E-state index >= 15 is 0 Å². The van der Waals surface area contributed by atoms with Gasteiger partial charge in [-0.25, -0.2) is 0 Å². The zero-order valence-electron chi connectivity index (χ0n) is 10.5. The number of hydrogen-bond acceptors (Lipinski definition) is 3. The summed E-state index contributed by atoms with van der Waals surface area (Å²) in [4.78, 5) is 12.1. The lowest BCUT2D eigenvalue weighted by atomic mass is 9.96. The van der Waals surface area contributed by atoms with Gasteiger partial charge in [0.15, 0.2) is 5.69 Å². The summed E-state index contributed by atoms with van der Waals surface area (Å²) in [6.07, 6.45) is 6.64. The predicted octanol–water partition coefficient (Wildman–Crippen LogP) is 1.20. The Kier molecular flexibility index (Phi) is 3.32. The summed E-state index contributed by atoms with van der Waals surface area (Å²) >= 11 is 0. The molecule has 0 saturated carbocycles. The van der Waals surface area contributed by atoms with Gasteiger partial charge in [-0.2, -0.15) is 5.10 Å². The van der Waals surface area contributed by atoms with Crippen LogP contribution in [0, 0.1) is 0 Å². The number of rotatable bonds is 3. The number of H-pyrrole nitrogens is 1. The van der Waals surface area contributed by atoms with E-state index in [-0.39, 0.29) is 12.0 Å². The van der Waals surface area contributed by atoms with Gasteiger partial charge in [0, 0.05) is 24.4 Å². The third-order valence-corrected chi connectivity index (χ3v) is 3.79. The van der Waals surface area contributed by atoms with Crippen LogP contribution < -0.4 is 5.32 Å². The molecule has 5 heteroatoms. The van der Waals surface area contributed by atoms with Crippen LogP contribution in [-0.4, -0.2) is 35.4 Å². The van der Waals surface area contributed by atoms with Crippen molar-refractivity contribution in [3.05, 3.63) is 17.0 Å². The zero-order valence-corrected chi connectivity index (χ0v) is 10.5. The monoisotopic (exact) mass is 249 g/mol. The van der Waals surface area contributed by atoms with Crippen molar-refractivity contribution in [3.63, 3.8) is 0 Å². The lowest BCUT2D eigenvalue weighted by Crippen LogP contribution is -2.32. The highest BCUT2D eigenvalue weighted by Crippen LogP contribution is 2.22. The van der Waals surface area contributed by atoms with Crippen molar-refractivity contribution in [1.29, 1.82) is 0 Å². The lowest BCUT2D eigenvalue weighted by Gasteiger charge is -2.12. The Bertz CT molecular complexity index is 435. The van der Waals surface area contributed by atoms with Crippen molar-refractivity contribution >= 4 is 5.91 Å². The van der Waals surface area contributed by atoms with Crippen LogP contribution >= 0.6 is 0 Å². The van der Waals surface area contributed by atoms with Gasteiger partial charge in [0.25, 0.3) is 5.91 Å². The number of carbonyl (C=O) groups excluding carboxylic acids is 1. The summed E-state index contributed by atoms with van der Waals surface area (Å²) < 4.78 is 5.49. The third-order valence-electron chi connectivity index (χ3n) is 3.79. The summed E-state index contributed by atoms with van der Waals surface area (Å²) in [6.45, 7) is 1.42. The summed E-state index contributed by atoms with van der Waals surface area (Å²) in [6, 6.07) is 0. The number of aromatic amines is 1. The van der Waals surface area contributed by atoms with E-state index in [2.05, 4.69) is 15.5 Å². The van der Waals surface area contributed by atoms with E-state index in [0.717, 1.165) is 50.0 Å². The molecule has 1 atom stereocenters. The second kappa shape index (κ2) is 5.10. The summed E-state index contributed by atoms with van der Waals surface area (Å²) in [7, 11) is 0. The van der Waals surface area contributed by atoms with Crippen LogP contribution in [0.5, 0.6) is 0 Å². The summed E-state index contributed by atoms with van der Waals surface area (Å²) in [5.74, 6) is -0.0649. The number of aryl methyl sites for hydroxylation is 1. The molecule has 1 aliphatic heterocycles. The number of nitrogens with one attached hydrogen (secondary N) is 2. The minimum Gasteiger partial charge on any atom is -0.376 e. The quantitative estimate of drug-likeness (QED) is 0.845. The highest BCUT2D eigenvalue weighted by molar-refractivity contribution is 5.94. The lowest BCUT2D eigenvalue weighted by molar-refractivity contribution is 0.0853. The molecular weight excluding hydrogens is 230 g/mol. The van der Waals surface area contributed by atoms with Crippen molar-refractivity contribution in [2.45, 2.75) is 44.6 Å². The van der Waals surface area contributed by atoms with Crippen LogP contribution in [0.3, 0.4) is 0 Å². The second-order valence-electron chi connectivity index (χ2n) is 5.08. The highest BCUT2D eigenvalue weighted by Gasteiger charge is 2.23. The van der Waals surface area contributed by atoms with Gasteiger partial charge in [-0.1, -0.05) is 0 Å². The Hall–Kier alpha value is -1.36. The van der Waals surface area contributed by atoms with Crippen LogP contribution in [0.4, 0.5) is 0 Å². The van der Waals surface area contributed by atoms with Crippen LogP contribution in [-0.2, 0) is 17.6 Å². The average molecular weight is 249 g/mol. The molecule has 0 aromatic carbocycles. The van der Waals surface area contributed by atoms with Crippen LogP contribution in [0.1, 0.15) is 47.4 Å². The average Bonchev–Trinajstić information content (AvgIpc) is 3.05. The molecule has 0 spiro atoms. The van der Waals surface area contributed by atoms with Crippen LogP contribution in [0.15, 0.2) is 0 Å². The fraction of sp³-hybridized carbons (Fsp3) is 0.692. The molecule has 2 aliphatic rings. The number of nitrogens with zero attached hydrogens (tertiary/aromatic N) is 1. The molecule has 18 heavy (non-hydrogen) atoms. The Balaban J connectivity index is 1.63. The molecule has 1 saturated heterocycles. The fourth-order valence-electron chi connectivity index (χ4n) is 2.76. The molecule has 2 N–H and O–H groups in total. The van der Waals surface area contributed by atoms with Gasteiger partial charge in [-0.05, 0) is 38.5 Å². The minimum absolute atomic E-state index is 0.0649. The Labute approximate surface area is 106 Å². The van der Waals surface area contributed by atoms with E-state index in [4.69, 9.17) is 4.74 Å². The number of amides is 1. The fourth-order valence-corrected chi connectivity index (χ4v) is 2.76. The van der Waals surface area contributed by atoms with Gasteiger partial charge >= 0.3 is 0 Å². The second-order valence-corrected chi connectivity index (χ2v) is 5.08. The van der Waals surface area contributed by atoms with Gasteiger partial charge < -0.3 is 10.1 Å². The highest BCUT2D eigenvalue weighted by atomic mass is 16.5. The van der Waals surface area contributed by atoms with Crippen molar-refractivity contribution in [2.24, 2.45) is 0 Å². The molecule has 1 aromatic heterocycles. The van der Waals surface area contributed by atoms with E-state index in [1.54, 1.807) is 0 Å². The molecule has 1 amide bonds. The minimum atomic E-state index is -0.0649. The van der Waals surface area contributed by atoms with Gasteiger partial charge in [0.1, 0.15) is 0 Å². The van der Waals surface area contributed by atoms with Gasteiger partial charge in [0.2, 0.25) is 0 Å². The molecule has 3 rings (SSSR count). The van der Waals surface area contributed by atoms with Crippen molar-refractivity contribution in [2.75, 3.05) is 13.2 Å². The third kappa shape index (κ3) is 2.27. The molecule has 1 fully saturated rings. The van der Waals surface area contributed by atoms with Crippen molar-refractivity contribution < 1.29 is 9.53 Å². The normalized spacial score (nSPS) is 22.8. The molecule has 1 aliphatic carbocycles. The molecule has 2 heterocycles. The SMILES string of the molecule is O=C(NC[C@@H]1CCCO1)c1n[nH]c2c1CCCC2. The number of carbonyl (C=O) groups is 1. The predicted molar refractivity (Wildman–Crippen MR) is 66.5 cm³/mol. The standard InChI is InChI=1S/C13H19N3O2/c17-13(14-8-9-4-3-7-18-9)12-10-5-1-2-6-11(10)15-16-12/h9H,1-8H2,(H,14,17)(H,15,16)/t9-/m0/s1. The largest absolute Gasteiger partial charge is 0.376 e. The number of aromatic nitrogens is 2. The van der Waals surface area contributed by atoms with E-state index in [1.165, 1.54) is 6.42 Å². The number of ether oxygens (including phenoxy) is 1. The van der Waals surface area contributed by atoms with Gasteiger partial charge in [-0.15, -0.1) is 0 Å². The van der Waals surface area contributed by atoms with E-state index < -0.39 is 0 Å². The summed E-state index contributed by atoms with van der Waals surface area (Å²) in [5.41, 5.74) is 2.84. The zero-order chi connectivity index (χ0) is 12.4. The first-order chi connectivity index (χ1) is 8.84. The maximum atomic E-state index is 12.1. The maximum absolute atomic E-state index is 12.1. The van der Waals surface area contributed by atoms with Crippen molar-refractivity contribution in [1.82, 2.24) is 15.5 Å². The molecule has 0 unspecified atom stereocenters. The van der Waals surface area contributed by atoms with Crippen LogP contribution in [0.2, 0.25) is 0 Å². The molecule has 98 valence electrons. The Morgan fingerprint density at radius 2 is 2.28 bits per heavy atom. The topological polar surface area (TPSA) is 67.0 Å². The van der Waals surface area contributed by atoms with E-state index in [0.29, 0.717) is 12.2 Å². The molecule has 1 aromatic rings. The maximum Gasteiger partial charge on any atom is 0.272 e. The van der Waals surface area contributed by atoms with E-state index in [1.807, 2.05) is 0 Å². The number of hydrogen-bond donors (Lipinski definition) is 2. The molecule has 0 bridgehead atoms. The van der Waals surface area contributed by atoms with Gasteiger partial charge in [-0.3, -0.25) is 9.89 Å². The first-order valence-electron chi connectivity index (χ1n) is 6.80. The van der Waals surface area contributed by atoms with Crippen LogP contribution in [0.25, 0.3) is 0 Å². The Morgan fingerprint density at radius 3 is 3.11 bits per heavy atom. The molecule has 0 radical (unpaired) electrons. The number of fused-ring (bicyclic) bond motifs is 1. The van der Waals surface area contributed by atoms with E-state index in [9.17, 15) is 4.79 Å². The Morgan fingerprint density at radius 1 is 1.39 bits per heavy atom. The first kappa shape index (κ1) is 11.7. The molecular formula is C13H19N3O2. The van der Waals surface area contributed by atoms with Gasteiger partial charge in [0.05, 0.1) is 6.10 Å². The first-order valence-corrected chi connectivity index (χ1v) is 6.80. The summed E-state index contributed by atoms with van der Waals surface area (Å²) in [5, 5.41) is 10.1. The van der Waals surface area contributed by atoms with Crippen molar-refractivity contribution in [3.8, 4) is 0 Å². The smallest absolute Gasteiger partial charge is 0.272 e. The molecule has 5 nitrogen and oxygen atoms in total.